The number of likely N-dealkylation sites (N-methyl/N-ethyl adjacent to an activating group) is 1. The number of halogens is 1. The van der Waals surface area contributed by atoms with Crippen LogP contribution in [0.5, 0.6) is 0 Å². The van der Waals surface area contributed by atoms with Crippen LogP contribution >= 0.6 is 24.0 Å². The number of amides is 1. The Hall–Kier alpha value is -1.55. The number of guanidine groups is 1. The molecule has 0 aromatic heterocycles. The summed E-state index contributed by atoms with van der Waals surface area (Å²) in [5, 5.41) is 9.51. The van der Waals surface area contributed by atoms with Crippen molar-refractivity contribution in [3.8, 4) is 0 Å². The Bertz CT molecular complexity index is 684. The minimum absolute atomic E-state index is 0. The average Bonchev–Trinajstić information content (AvgIpc) is 3.48. The van der Waals surface area contributed by atoms with E-state index in [4.69, 9.17) is 4.74 Å². The van der Waals surface area contributed by atoms with Gasteiger partial charge in [0.25, 0.3) is 0 Å². The van der Waals surface area contributed by atoms with Gasteiger partial charge < -0.3 is 15.4 Å². The number of aliphatic imine (C=N–C) groups is 1. The molecule has 7 nitrogen and oxygen atoms in total. The van der Waals surface area contributed by atoms with Crippen LogP contribution in [-0.4, -0.2) is 61.8 Å². The highest BCUT2D eigenvalue weighted by molar-refractivity contribution is 14.0. The van der Waals surface area contributed by atoms with E-state index < -0.39 is 11.7 Å². The number of carbonyl (C=O) groups is 1. The summed E-state index contributed by atoms with van der Waals surface area (Å²) in [6, 6.07) is 9.04. The van der Waals surface area contributed by atoms with Crippen LogP contribution in [-0.2, 0) is 11.2 Å². The van der Waals surface area contributed by atoms with Crippen molar-refractivity contribution >= 4 is 41.7 Å². The summed E-state index contributed by atoms with van der Waals surface area (Å²) in [5.41, 5.74) is 1.40. The molecule has 1 aromatic rings. The SMILES string of the molecule is CN=C(NCCc1ccc(NC(=O)OC(C)(C)C)cc1)NCC(C)N(C)C1CC1.I. The fourth-order valence-electron chi connectivity index (χ4n) is 2.95. The van der Waals surface area contributed by atoms with Crippen molar-refractivity contribution in [2.45, 2.75) is 64.6 Å². The first kappa shape index (κ1) is 26.5. The summed E-state index contributed by atoms with van der Waals surface area (Å²) in [6.07, 6.45) is 3.06. The van der Waals surface area contributed by atoms with E-state index in [2.05, 4.69) is 39.8 Å². The number of anilines is 1. The molecular formula is C22H38IN5O2. The molecule has 1 unspecified atom stereocenters. The number of rotatable bonds is 8. The van der Waals surface area contributed by atoms with Crippen LogP contribution in [0.4, 0.5) is 10.5 Å². The first-order valence-corrected chi connectivity index (χ1v) is 10.4. The summed E-state index contributed by atoms with van der Waals surface area (Å²) in [6.45, 7) is 9.43. The van der Waals surface area contributed by atoms with Crippen LogP contribution in [0, 0.1) is 0 Å². The molecule has 2 rings (SSSR count). The predicted octanol–water partition coefficient (Wildman–Crippen LogP) is 3.84. The van der Waals surface area contributed by atoms with Crippen molar-refractivity contribution in [2.24, 2.45) is 4.99 Å². The van der Waals surface area contributed by atoms with Gasteiger partial charge in [-0.1, -0.05) is 12.1 Å². The minimum atomic E-state index is -0.507. The van der Waals surface area contributed by atoms with Crippen molar-refractivity contribution < 1.29 is 9.53 Å². The summed E-state index contributed by atoms with van der Waals surface area (Å²) in [4.78, 5) is 18.6. The van der Waals surface area contributed by atoms with E-state index in [1.54, 1.807) is 7.05 Å². The molecule has 1 amide bonds. The van der Waals surface area contributed by atoms with Crippen LogP contribution in [0.15, 0.2) is 29.3 Å². The summed E-state index contributed by atoms with van der Waals surface area (Å²) in [7, 11) is 3.99. The fraction of sp³-hybridized carbons (Fsp3) is 0.636. The number of hydrogen-bond acceptors (Lipinski definition) is 4. The molecule has 1 aliphatic rings. The van der Waals surface area contributed by atoms with E-state index in [1.807, 2.05) is 45.0 Å². The van der Waals surface area contributed by atoms with Crippen molar-refractivity contribution in [1.82, 2.24) is 15.5 Å². The Morgan fingerprint density at radius 2 is 1.87 bits per heavy atom. The number of carbonyl (C=O) groups excluding carboxylic acids is 1. The van der Waals surface area contributed by atoms with Crippen molar-refractivity contribution in [3.05, 3.63) is 29.8 Å². The van der Waals surface area contributed by atoms with Gasteiger partial charge in [-0.2, -0.15) is 0 Å². The summed E-state index contributed by atoms with van der Waals surface area (Å²) in [5.74, 6) is 0.823. The molecule has 8 heteroatoms. The number of nitrogens with zero attached hydrogens (tertiary/aromatic N) is 2. The van der Waals surface area contributed by atoms with Crippen molar-refractivity contribution in [1.29, 1.82) is 0 Å². The van der Waals surface area contributed by atoms with Gasteiger partial charge in [-0.05, 0) is 71.7 Å². The van der Waals surface area contributed by atoms with E-state index in [0.717, 1.165) is 37.2 Å². The molecule has 1 saturated carbocycles. The van der Waals surface area contributed by atoms with E-state index in [9.17, 15) is 4.79 Å². The predicted molar refractivity (Wildman–Crippen MR) is 135 cm³/mol. The second-order valence-corrected chi connectivity index (χ2v) is 8.70. The first-order chi connectivity index (χ1) is 13.7. The largest absolute Gasteiger partial charge is 0.444 e. The second kappa shape index (κ2) is 12.3. The molecular weight excluding hydrogens is 493 g/mol. The van der Waals surface area contributed by atoms with Gasteiger partial charge in [0.15, 0.2) is 5.96 Å². The standard InChI is InChI=1S/C22H37N5O2.HI/c1-16(27(6)19-11-12-19)15-25-20(23-5)24-14-13-17-7-9-18(10-8-17)26-21(28)29-22(2,3)4;/h7-10,16,19H,11-15H2,1-6H3,(H,26,28)(H2,23,24,25);1H. The molecule has 0 saturated heterocycles. The highest BCUT2D eigenvalue weighted by atomic mass is 127. The third kappa shape index (κ3) is 9.97. The lowest BCUT2D eigenvalue weighted by Crippen LogP contribution is -2.45. The Morgan fingerprint density at radius 1 is 1.23 bits per heavy atom. The van der Waals surface area contributed by atoms with Gasteiger partial charge in [-0.25, -0.2) is 4.79 Å². The zero-order chi connectivity index (χ0) is 21.4. The lowest BCUT2D eigenvalue weighted by atomic mass is 10.1. The van der Waals surface area contributed by atoms with Gasteiger partial charge in [0.2, 0.25) is 0 Å². The van der Waals surface area contributed by atoms with Crippen molar-refractivity contribution in [2.75, 3.05) is 32.5 Å². The first-order valence-electron chi connectivity index (χ1n) is 10.4. The Morgan fingerprint density at radius 3 is 2.40 bits per heavy atom. The maximum Gasteiger partial charge on any atom is 0.412 e. The summed E-state index contributed by atoms with van der Waals surface area (Å²) >= 11 is 0. The molecule has 0 heterocycles. The molecule has 0 radical (unpaired) electrons. The Balaban J connectivity index is 0.00000450. The number of ether oxygens (including phenoxy) is 1. The van der Waals surface area contributed by atoms with E-state index in [0.29, 0.717) is 6.04 Å². The molecule has 0 spiro atoms. The van der Waals surface area contributed by atoms with Gasteiger partial charge in [0.1, 0.15) is 5.60 Å². The molecule has 0 aliphatic heterocycles. The maximum absolute atomic E-state index is 11.8. The molecule has 0 bridgehead atoms. The third-order valence-electron chi connectivity index (χ3n) is 4.91. The topological polar surface area (TPSA) is 78.0 Å². The monoisotopic (exact) mass is 531 g/mol. The lowest BCUT2D eigenvalue weighted by molar-refractivity contribution is 0.0636. The fourth-order valence-corrected chi connectivity index (χ4v) is 2.95. The van der Waals surface area contributed by atoms with Gasteiger partial charge in [-0.15, -0.1) is 24.0 Å². The van der Waals surface area contributed by atoms with Crippen LogP contribution in [0.25, 0.3) is 0 Å². The molecule has 3 N–H and O–H groups in total. The van der Waals surface area contributed by atoms with E-state index >= 15 is 0 Å². The molecule has 1 aromatic carbocycles. The quantitative estimate of drug-likeness (QED) is 0.270. The van der Waals surface area contributed by atoms with Crippen molar-refractivity contribution in [3.63, 3.8) is 0 Å². The third-order valence-corrected chi connectivity index (χ3v) is 4.91. The van der Waals surface area contributed by atoms with Crippen LogP contribution in [0.1, 0.15) is 46.1 Å². The van der Waals surface area contributed by atoms with Crippen LogP contribution < -0.4 is 16.0 Å². The highest BCUT2D eigenvalue weighted by Gasteiger charge is 2.28. The van der Waals surface area contributed by atoms with E-state index in [-0.39, 0.29) is 24.0 Å². The highest BCUT2D eigenvalue weighted by Crippen LogP contribution is 2.26. The lowest BCUT2D eigenvalue weighted by Gasteiger charge is -2.25. The zero-order valence-electron chi connectivity index (χ0n) is 19.1. The summed E-state index contributed by atoms with van der Waals surface area (Å²) < 4.78 is 5.26. The Kier molecular flexibility index (Phi) is 10.9. The smallest absolute Gasteiger partial charge is 0.412 e. The van der Waals surface area contributed by atoms with Gasteiger partial charge in [-0.3, -0.25) is 15.2 Å². The van der Waals surface area contributed by atoms with Crippen LogP contribution in [0.2, 0.25) is 0 Å². The zero-order valence-corrected chi connectivity index (χ0v) is 21.4. The van der Waals surface area contributed by atoms with Gasteiger partial charge in [0.05, 0.1) is 0 Å². The normalized spacial score (nSPS) is 15.2. The average molecular weight is 531 g/mol. The van der Waals surface area contributed by atoms with Crippen LogP contribution in [0.3, 0.4) is 0 Å². The molecule has 1 aliphatic carbocycles. The number of hydrogen-bond donors (Lipinski definition) is 3. The minimum Gasteiger partial charge on any atom is -0.444 e. The molecule has 170 valence electrons. The number of benzene rings is 1. The van der Waals surface area contributed by atoms with E-state index in [1.165, 1.54) is 18.4 Å². The second-order valence-electron chi connectivity index (χ2n) is 8.70. The molecule has 1 atom stereocenters. The Labute approximate surface area is 198 Å². The maximum atomic E-state index is 11.8. The van der Waals surface area contributed by atoms with Gasteiger partial charge >= 0.3 is 6.09 Å². The molecule has 30 heavy (non-hydrogen) atoms. The van der Waals surface area contributed by atoms with Gasteiger partial charge in [0, 0.05) is 37.9 Å². The number of nitrogens with one attached hydrogen (secondary N) is 3. The molecule has 1 fully saturated rings.